The van der Waals surface area contributed by atoms with E-state index in [1.165, 1.54) is 25.4 Å². The highest BCUT2D eigenvalue weighted by Crippen LogP contribution is 2.31. The Balaban J connectivity index is 2.46. The number of ether oxygens (including phenoxy) is 1. The molecule has 1 N–H and O–H groups in total. The summed E-state index contributed by atoms with van der Waals surface area (Å²) in [6.07, 6.45) is 2.05. The number of rotatable bonds is 3. The zero-order valence-electron chi connectivity index (χ0n) is 9.59. The number of aromatic nitrogens is 2. The van der Waals surface area contributed by atoms with Gasteiger partial charge in [-0.2, -0.15) is 5.10 Å². The summed E-state index contributed by atoms with van der Waals surface area (Å²) in [5, 5.41) is 14.1. The monoisotopic (exact) mass is 236 g/mol. The lowest BCUT2D eigenvalue weighted by molar-refractivity contribution is 0.209. The average Bonchev–Trinajstić information content (AvgIpc) is 2.74. The lowest BCUT2D eigenvalue weighted by Crippen LogP contribution is -2.04. The van der Waals surface area contributed by atoms with Gasteiger partial charge in [0.2, 0.25) is 0 Å². The van der Waals surface area contributed by atoms with Crippen LogP contribution in [0.4, 0.5) is 4.39 Å². The summed E-state index contributed by atoms with van der Waals surface area (Å²) in [5.41, 5.74) is 0.652. The van der Waals surface area contributed by atoms with Crippen LogP contribution in [-0.4, -0.2) is 22.0 Å². The van der Waals surface area contributed by atoms with E-state index in [4.69, 9.17) is 4.74 Å². The summed E-state index contributed by atoms with van der Waals surface area (Å²) in [6, 6.07) is 4.43. The fraction of sp³-hybridized carbons (Fsp3) is 0.250. The van der Waals surface area contributed by atoms with Gasteiger partial charge < -0.3 is 9.84 Å². The molecule has 1 heterocycles. The second kappa shape index (κ2) is 4.55. The van der Waals surface area contributed by atoms with Crippen LogP contribution in [0.1, 0.15) is 17.2 Å². The van der Waals surface area contributed by atoms with Crippen LogP contribution in [0.5, 0.6) is 5.75 Å². The maximum absolute atomic E-state index is 13.7. The van der Waals surface area contributed by atoms with Gasteiger partial charge in [0.1, 0.15) is 17.7 Å². The summed E-state index contributed by atoms with van der Waals surface area (Å²) in [6.45, 7) is 0. The second-order valence-electron chi connectivity index (χ2n) is 3.71. The first-order chi connectivity index (χ1) is 8.13. The summed E-state index contributed by atoms with van der Waals surface area (Å²) in [4.78, 5) is 0. The maximum atomic E-state index is 13.7. The summed E-state index contributed by atoms with van der Waals surface area (Å²) in [5.74, 6) is -0.179. The molecule has 17 heavy (non-hydrogen) atoms. The van der Waals surface area contributed by atoms with Gasteiger partial charge in [0.15, 0.2) is 0 Å². The zero-order valence-corrected chi connectivity index (χ0v) is 9.59. The Hall–Kier alpha value is -1.88. The number of benzene rings is 1. The molecule has 0 fully saturated rings. The minimum absolute atomic E-state index is 0.128. The third-order valence-corrected chi connectivity index (χ3v) is 2.55. The molecule has 0 radical (unpaired) electrons. The lowest BCUT2D eigenvalue weighted by atomic mass is 10.0. The molecule has 0 bridgehead atoms. The van der Waals surface area contributed by atoms with Gasteiger partial charge in [-0.1, -0.05) is 6.07 Å². The van der Waals surface area contributed by atoms with Crippen molar-refractivity contribution in [2.45, 2.75) is 6.10 Å². The minimum atomic E-state index is -1.08. The third-order valence-electron chi connectivity index (χ3n) is 2.55. The molecule has 0 aliphatic rings. The van der Waals surface area contributed by atoms with Crippen molar-refractivity contribution in [2.75, 3.05) is 7.11 Å². The molecule has 5 heteroatoms. The number of aliphatic hydroxyl groups excluding tert-OH is 1. The Labute approximate surface area is 98.3 Å². The second-order valence-corrected chi connectivity index (χ2v) is 3.71. The van der Waals surface area contributed by atoms with Crippen molar-refractivity contribution < 1.29 is 14.2 Å². The topological polar surface area (TPSA) is 47.3 Å². The van der Waals surface area contributed by atoms with E-state index in [1.54, 1.807) is 24.0 Å². The highest BCUT2D eigenvalue weighted by atomic mass is 19.1. The first-order valence-electron chi connectivity index (χ1n) is 5.12. The van der Waals surface area contributed by atoms with Crippen LogP contribution in [0.3, 0.4) is 0 Å². The normalized spacial score (nSPS) is 12.5. The van der Waals surface area contributed by atoms with Crippen molar-refractivity contribution in [2.24, 2.45) is 7.05 Å². The highest BCUT2D eigenvalue weighted by Gasteiger charge is 2.20. The Kier molecular flexibility index (Phi) is 3.10. The van der Waals surface area contributed by atoms with Crippen molar-refractivity contribution in [3.05, 3.63) is 47.5 Å². The van der Waals surface area contributed by atoms with Crippen LogP contribution < -0.4 is 4.74 Å². The Bertz CT molecular complexity index is 525. The molecule has 0 spiro atoms. The van der Waals surface area contributed by atoms with Gasteiger partial charge in [-0.05, 0) is 12.1 Å². The van der Waals surface area contributed by atoms with Crippen LogP contribution in [0.2, 0.25) is 0 Å². The minimum Gasteiger partial charge on any atom is -0.496 e. The van der Waals surface area contributed by atoms with E-state index >= 15 is 0 Å². The molecule has 0 saturated carbocycles. The summed E-state index contributed by atoms with van der Waals surface area (Å²) < 4.78 is 20.3. The molecule has 1 aromatic heterocycles. The van der Waals surface area contributed by atoms with E-state index in [-0.39, 0.29) is 5.56 Å². The Morgan fingerprint density at radius 1 is 1.47 bits per heavy atom. The molecular weight excluding hydrogens is 223 g/mol. The SMILES string of the molecule is COc1cccc(F)c1C(O)c1cnn(C)c1. The third kappa shape index (κ3) is 2.14. The average molecular weight is 236 g/mol. The van der Waals surface area contributed by atoms with Crippen molar-refractivity contribution in [1.29, 1.82) is 0 Å². The zero-order chi connectivity index (χ0) is 12.4. The van der Waals surface area contributed by atoms with Gasteiger partial charge in [-0.3, -0.25) is 4.68 Å². The van der Waals surface area contributed by atoms with Gasteiger partial charge in [0.25, 0.3) is 0 Å². The molecular formula is C12H13FN2O2. The fourth-order valence-electron chi connectivity index (χ4n) is 1.71. The number of hydrogen-bond donors (Lipinski definition) is 1. The summed E-state index contributed by atoms with van der Waals surface area (Å²) in [7, 11) is 3.17. The van der Waals surface area contributed by atoms with Crippen LogP contribution >= 0.6 is 0 Å². The van der Waals surface area contributed by atoms with Crippen LogP contribution in [-0.2, 0) is 7.05 Å². The van der Waals surface area contributed by atoms with Gasteiger partial charge in [0, 0.05) is 18.8 Å². The van der Waals surface area contributed by atoms with E-state index in [9.17, 15) is 9.50 Å². The Morgan fingerprint density at radius 2 is 2.24 bits per heavy atom. The van der Waals surface area contributed by atoms with Crippen molar-refractivity contribution >= 4 is 0 Å². The largest absolute Gasteiger partial charge is 0.496 e. The number of methoxy groups -OCH3 is 1. The van der Waals surface area contributed by atoms with Crippen molar-refractivity contribution in [3.63, 3.8) is 0 Å². The molecule has 2 aromatic rings. The van der Waals surface area contributed by atoms with E-state index in [2.05, 4.69) is 5.10 Å². The number of halogens is 1. The van der Waals surface area contributed by atoms with Gasteiger partial charge >= 0.3 is 0 Å². The van der Waals surface area contributed by atoms with Gasteiger partial charge in [0.05, 0.1) is 18.9 Å². The van der Waals surface area contributed by atoms with E-state index in [0.29, 0.717) is 11.3 Å². The lowest BCUT2D eigenvalue weighted by Gasteiger charge is -2.14. The molecule has 0 saturated heterocycles. The number of nitrogens with zero attached hydrogens (tertiary/aromatic N) is 2. The first-order valence-corrected chi connectivity index (χ1v) is 5.12. The standard InChI is InChI=1S/C12H13FN2O2/c1-15-7-8(6-14-15)12(16)11-9(13)4-3-5-10(11)17-2/h3-7,12,16H,1-2H3. The molecule has 4 nitrogen and oxygen atoms in total. The Morgan fingerprint density at radius 3 is 2.82 bits per heavy atom. The maximum Gasteiger partial charge on any atom is 0.133 e. The smallest absolute Gasteiger partial charge is 0.133 e. The van der Waals surface area contributed by atoms with Crippen molar-refractivity contribution in [3.8, 4) is 5.75 Å². The first kappa shape index (κ1) is 11.6. The fourth-order valence-corrected chi connectivity index (χ4v) is 1.71. The number of hydrogen-bond acceptors (Lipinski definition) is 3. The predicted molar refractivity (Wildman–Crippen MR) is 60.2 cm³/mol. The molecule has 1 atom stereocenters. The number of aryl methyl sites for hydroxylation is 1. The van der Waals surface area contributed by atoms with Crippen molar-refractivity contribution in [1.82, 2.24) is 9.78 Å². The predicted octanol–water partition coefficient (Wildman–Crippen LogP) is 1.65. The van der Waals surface area contributed by atoms with Crippen LogP contribution in [0.15, 0.2) is 30.6 Å². The van der Waals surface area contributed by atoms with Gasteiger partial charge in [-0.25, -0.2) is 4.39 Å². The van der Waals surface area contributed by atoms with Crippen LogP contribution in [0, 0.1) is 5.82 Å². The molecule has 2 rings (SSSR count). The molecule has 1 aromatic carbocycles. The molecule has 0 amide bonds. The van der Waals surface area contributed by atoms with E-state index < -0.39 is 11.9 Å². The van der Waals surface area contributed by atoms with Crippen LogP contribution in [0.25, 0.3) is 0 Å². The molecule has 0 aliphatic heterocycles. The van der Waals surface area contributed by atoms with Gasteiger partial charge in [-0.15, -0.1) is 0 Å². The summed E-state index contributed by atoms with van der Waals surface area (Å²) >= 11 is 0. The molecule has 1 unspecified atom stereocenters. The van der Waals surface area contributed by atoms with E-state index in [1.807, 2.05) is 0 Å². The van der Waals surface area contributed by atoms with E-state index in [0.717, 1.165) is 0 Å². The molecule has 0 aliphatic carbocycles. The highest BCUT2D eigenvalue weighted by molar-refractivity contribution is 5.40. The number of aliphatic hydroxyl groups is 1. The quantitative estimate of drug-likeness (QED) is 0.881. The molecule has 90 valence electrons.